The molecular weight excluding hydrogens is 276 g/mol. The van der Waals surface area contributed by atoms with E-state index in [0.29, 0.717) is 5.75 Å². The Morgan fingerprint density at radius 2 is 1.70 bits per heavy atom. The molecule has 0 atom stereocenters. The fraction of sp³-hybridized carbons (Fsp3) is 0.143. The standard InChI is InChI=1S/C14H16N2O3S/c1-2-10-6-3-4-7-11(10)19-12-8-5-9-13(14(12)15)20(16,17)18/h3-9H,2,15H2,1H3,(H2,16,17,18). The van der Waals surface area contributed by atoms with E-state index in [1.165, 1.54) is 6.07 Å². The van der Waals surface area contributed by atoms with E-state index >= 15 is 0 Å². The third kappa shape index (κ3) is 2.92. The molecule has 0 radical (unpaired) electrons. The molecule has 0 saturated heterocycles. The molecule has 0 amide bonds. The quantitative estimate of drug-likeness (QED) is 0.845. The van der Waals surface area contributed by atoms with Gasteiger partial charge in [-0.2, -0.15) is 0 Å². The monoisotopic (exact) mass is 292 g/mol. The number of nitrogen functional groups attached to an aromatic ring is 1. The van der Waals surface area contributed by atoms with Gasteiger partial charge < -0.3 is 10.5 Å². The summed E-state index contributed by atoms with van der Waals surface area (Å²) in [7, 11) is -3.87. The number of nitrogens with two attached hydrogens (primary N) is 2. The maximum Gasteiger partial charge on any atom is 0.240 e. The van der Waals surface area contributed by atoms with Crippen molar-refractivity contribution in [1.29, 1.82) is 0 Å². The summed E-state index contributed by atoms with van der Waals surface area (Å²) in [5.74, 6) is 0.922. The summed E-state index contributed by atoms with van der Waals surface area (Å²) >= 11 is 0. The molecule has 0 saturated carbocycles. The number of benzene rings is 2. The van der Waals surface area contributed by atoms with Gasteiger partial charge in [-0.15, -0.1) is 0 Å². The molecular formula is C14H16N2O3S. The molecule has 4 N–H and O–H groups in total. The summed E-state index contributed by atoms with van der Waals surface area (Å²) in [5, 5.41) is 5.11. The van der Waals surface area contributed by atoms with Crippen LogP contribution in [0.3, 0.4) is 0 Å². The topological polar surface area (TPSA) is 95.4 Å². The highest BCUT2D eigenvalue weighted by molar-refractivity contribution is 7.89. The van der Waals surface area contributed by atoms with Crippen LogP contribution in [0.25, 0.3) is 0 Å². The fourth-order valence-corrected chi connectivity index (χ4v) is 2.55. The molecule has 5 nitrogen and oxygen atoms in total. The number of ether oxygens (including phenoxy) is 1. The molecule has 0 unspecified atom stereocenters. The van der Waals surface area contributed by atoms with Gasteiger partial charge >= 0.3 is 0 Å². The fourth-order valence-electron chi connectivity index (χ4n) is 1.87. The maximum atomic E-state index is 11.4. The van der Waals surface area contributed by atoms with Crippen LogP contribution in [-0.4, -0.2) is 8.42 Å². The first-order chi connectivity index (χ1) is 9.43. The van der Waals surface area contributed by atoms with Crippen LogP contribution < -0.4 is 15.6 Å². The van der Waals surface area contributed by atoms with Crippen molar-refractivity contribution in [2.24, 2.45) is 5.14 Å². The maximum absolute atomic E-state index is 11.4. The number of anilines is 1. The zero-order valence-corrected chi connectivity index (χ0v) is 11.9. The molecule has 106 valence electrons. The lowest BCUT2D eigenvalue weighted by atomic mass is 10.1. The second-order valence-corrected chi connectivity index (χ2v) is 5.81. The first-order valence-electron chi connectivity index (χ1n) is 6.10. The van der Waals surface area contributed by atoms with Gasteiger partial charge in [0.2, 0.25) is 10.0 Å². The van der Waals surface area contributed by atoms with Crippen LogP contribution in [0, 0.1) is 0 Å². The van der Waals surface area contributed by atoms with Crippen LogP contribution in [0.4, 0.5) is 5.69 Å². The van der Waals surface area contributed by atoms with Gasteiger partial charge in [0.25, 0.3) is 0 Å². The van der Waals surface area contributed by atoms with Crippen molar-refractivity contribution in [1.82, 2.24) is 0 Å². The first kappa shape index (κ1) is 14.4. The summed E-state index contributed by atoms with van der Waals surface area (Å²) < 4.78 is 28.6. The lowest BCUT2D eigenvalue weighted by Gasteiger charge is -2.13. The van der Waals surface area contributed by atoms with Crippen LogP contribution >= 0.6 is 0 Å². The average molecular weight is 292 g/mol. The summed E-state index contributed by atoms with van der Waals surface area (Å²) in [6.45, 7) is 2.01. The van der Waals surface area contributed by atoms with E-state index in [9.17, 15) is 8.42 Å². The van der Waals surface area contributed by atoms with E-state index in [1.807, 2.05) is 31.2 Å². The molecule has 6 heteroatoms. The predicted octanol–water partition coefficient (Wildman–Crippen LogP) is 2.27. The van der Waals surface area contributed by atoms with Gasteiger partial charge in [0.1, 0.15) is 10.6 Å². The van der Waals surface area contributed by atoms with Gasteiger partial charge in [0, 0.05) is 0 Å². The Labute approximate surface area is 118 Å². The largest absolute Gasteiger partial charge is 0.455 e. The molecule has 0 fully saturated rings. The molecule has 0 spiro atoms. The summed E-state index contributed by atoms with van der Waals surface area (Å²) in [6.07, 6.45) is 0.797. The number of para-hydroxylation sites is 2. The first-order valence-corrected chi connectivity index (χ1v) is 7.65. The van der Waals surface area contributed by atoms with Gasteiger partial charge in [-0.1, -0.05) is 31.2 Å². The molecule has 2 rings (SSSR count). The predicted molar refractivity (Wildman–Crippen MR) is 78.1 cm³/mol. The van der Waals surface area contributed by atoms with Crippen molar-refractivity contribution >= 4 is 15.7 Å². The highest BCUT2D eigenvalue weighted by Gasteiger charge is 2.16. The Hall–Kier alpha value is -2.05. The lowest BCUT2D eigenvalue weighted by molar-refractivity contribution is 0.477. The molecule has 2 aromatic rings. The molecule has 0 aromatic heterocycles. The van der Waals surface area contributed by atoms with Crippen molar-refractivity contribution in [2.45, 2.75) is 18.2 Å². The van der Waals surface area contributed by atoms with Crippen LogP contribution in [0.1, 0.15) is 12.5 Å². The number of sulfonamides is 1. The highest BCUT2D eigenvalue weighted by Crippen LogP contribution is 2.33. The van der Waals surface area contributed by atoms with Crippen molar-refractivity contribution in [3.05, 3.63) is 48.0 Å². The molecule has 2 aromatic carbocycles. The van der Waals surface area contributed by atoms with E-state index in [-0.39, 0.29) is 16.3 Å². The van der Waals surface area contributed by atoms with E-state index in [1.54, 1.807) is 12.1 Å². The van der Waals surface area contributed by atoms with Crippen molar-refractivity contribution < 1.29 is 13.2 Å². The minimum atomic E-state index is -3.87. The summed E-state index contributed by atoms with van der Waals surface area (Å²) in [4.78, 5) is -0.135. The molecule has 0 aliphatic heterocycles. The lowest BCUT2D eigenvalue weighted by Crippen LogP contribution is -2.14. The van der Waals surface area contributed by atoms with E-state index in [2.05, 4.69) is 0 Å². The normalized spacial score (nSPS) is 11.3. The Balaban J connectivity index is 2.45. The van der Waals surface area contributed by atoms with E-state index in [4.69, 9.17) is 15.6 Å². The second-order valence-electron chi connectivity index (χ2n) is 4.28. The highest BCUT2D eigenvalue weighted by atomic mass is 32.2. The minimum absolute atomic E-state index is 0.0147. The van der Waals surface area contributed by atoms with E-state index in [0.717, 1.165) is 12.0 Å². The molecule has 20 heavy (non-hydrogen) atoms. The number of hydrogen-bond acceptors (Lipinski definition) is 4. The third-order valence-electron chi connectivity index (χ3n) is 2.91. The number of hydrogen-bond donors (Lipinski definition) is 2. The van der Waals surface area contributed by atoms with Gasteiger partial charge in [-0.25, -0.2) is 13.6 Å². The van der Waals surface area contributed by atoms with Gasteiger partial charge in [0.15, 0.2) is 5.75 Å². The minimum Gasteiger partial charge on any atom is -0.455 e. The Morgan fingerprint density at radius 1 is 1.05 bits per heavy atom. The number of aryl methyl sites for hydroxylation is 1. The SMILES string of the molecule is CCc1ccccc1Oc1cccc(S(N)(=O)=O)c1N. The summed E-state index contributed by atoms with van der Waals surface area (Å²) in [6, 6.07) is 12.0. The van der Waals surface area contributed by atoms with Gasteiger partial charge in [-0.05, 0) is 30.2 Å². The van der Waals surface area contributed by atoms with Crippen LogP contribution in [0.15, 0.2) is 47.4 Å². The molecule has 0 aliphatic carbocycles. The Bertz CT molecular complexity index is 727. The molecule has 0 heterocycles. The van der Waals surface area contributed by atoms with Crippen LogP contribution in [0.5, 0.6) is 11.5 Å². The summed E-state index contributed by atoms with van der Waals surface area (Å²) in [5.41, 5.74) is 6.85. The van der Waals surface area contributed by atoms with Gasteiger partial charge in [-0.3, -0.25) is 0 Å². The zero-order chi connectivity index (χ0) is 14.8. The molecule has 0 bridgehead atoms. The van der Waals surface area contributed by atoms with Crippen LogP contribution in [-0.2, 0) is 16.4 Å². The molecule has 0 aliphatic rings. The van der Waals surface area contributed by atoms with Crippen LogP contribution in [0.2, 0.25) is 0 Å². The number of rotatable bonds is 4. The van der Waals surface area contributed by atoms with Crippen molar-refractivity contribution in [2.75, 3.05) is 5.73 Å². The third-order valence-corrected chi connectivity index (χ3v) is 3.88. The van der Waals surface area contributed by atoms with Crippen molar-refractivity contribution in [3.8, 4) is 11.5 Å². The second kappa shape index (κ2) is 5.52. The average Bonchev–Trinajstić information content (AvgIpc) is 2.40. The van der Waals surface area contributed by atoms with Gasteiger partial charge in [0.05, 0.1) is 5.69 Å². The van der Waals surface area contributed by atoms with Crippen molar-refractivity contribution in [3.63, 3.8) is 0 Å². The Morgan fingerprint density at radius 3 is 2.35 bits per heavy atom. The van der Waals surface area contributed by atoms with E-state index < -0.39 is 10.0 Å². The Kier molecular flexibility index (Phi) is 3.96. The zero-order valence-electron chi connectivity index (χ0n) is 11.0. The number of primary sulfonamides is 1. The smallest absolute Gasteiger partial charge is 0.240 e.